The van der Waals surface area contributed by atoms with E-state index in [2.05, 4.69) is 4.99 Å². The van der Waals surface area contributed by atoms with Gasteiger partial charge in [0.25, 0.3) is 0 Å². The molecule has 0 radical (unpaired) electrons. The number of hydrogen-bond donors (Lipinski definition) is 0. The lowest BCUT2D eigenvalue weighted by atomic mass is 10.0. The Labute approximate surface area is 70.9 Å². The number of carbonyl (C=O) groups is 1. The lowest BCUT2D eigenvalue weighted by Gasteiger charge is -2.01. The van der Waals surface area contributed by atoms with Crippen molar-refractivity contribution in [3.63, 3.8) is 0 Å². The van der Waals surface area contributed by atoms with Gasteiger partial charge in [-0.15, -0.1) is 0 Å². The highest BCUT2D eigenvalue weighted by Gasteiger charge is 2.08. The Hall–Kier alpha value is -1.44. The Bertz CT molecular complexity index is 366. The number of aliphatic imine (C=N–C) groups is 1. The van der Waals surface area contributed by atoms with Crippen LogP contribution in [-0.2, 0) is 6.42 Å². The van der Waals surface area contributed by atoms with E-state index in [9.17, 15) is 4.79 Å². The van der Waals surface area contributed by atoms with Crippen molar-refractivity contribution >= 4 is 18.2 Å². The quantitative estimate of drug-likeness (QED) is 0.577. The fourth-order valence-electron chi connectivity index (χ4n) is 1.41. The Morgan fingerprint density at radius 2 is 2.33 bits per heavy atom. The Morgan fingerprint density at radius 3 is 3.08 bits per heavy atom. The molecule has 1 aromatic rings. The molecule has 0 bridgehead atoms. The number of aldehydes is 1. The Kier molecular flexibility index (Phi) is 1.54. The monoisotopic (exact) mass is 159 g/mol. The first-order valence-electron chi connectivity index (χ1n) is 3.92. The van der Waals surface area contributed by atoms with E-state index in [1.165, 1.54) is 0 Å². The average molecular weight is 159 g/mol. The van der Waals surface area contributed by atoms with Crippen LogP contribution < -0.4 is 0 Å². The molecule has 1 aliphatic heterocycles. The Balaban J connectivity index is 2.61. The molecule has 0 saturated carbocycles. The molecule has 0 unspecified atom stereocenters. The van der Waals surface area contributed by atoms with Crippen molar-refractivity contribution in [3.05, 3.63) is 28.8 Å². The minimum atomic E-state index is 0.777. The smallest absolute Gasteiger partial charge is 0.150 e. The number of nitrogens with zero attached hydrogens (tertiary/aromatic N) is 1. The van der Waals surface area contributed by atoms with Crippen LogP contribution in [0.3, 0.4) is 0 Å². The lowest BCUT2D eigenvalue weighted by molar-refractivity contribution is 0.112. The van der Waals surface area contributed by atoms with Crippen LogP contribution in [-0.4, -0.2) is 12.5 Å². The van der Waals surface area contributed by atoms with Gasteiger partial charge in [0.15, 0.2) is 0 Å². The van der Waals surface area contributed by atoms with Crippen LogP contribution in [0.15, 0.2) is 17.1 Å². The van der Waals surface area contributed by atoms with Gasteiger partial charge in [0, 0.05) is 18.2 Å². The predicted octanol–water partition coefficient (Wildman–Crippen LogP) is 2.07. The van der Waals surface area contributed by atoms with Gasteiger partial charge in [-0.1, -0.05) is 0 Å². The van der Waals surface area contributed by atoms with Crippen LogP contribution in [0.1, 0.15) is 21.5 Å². The second-order valence-electron chi connectivity index (χ2n) is 2.97. The van der Waals surface area contributed by atoms with Crippen LogP contribution >= 0.6 is 0 Å². The summed E-state index contributed by atoms with van der Waals surface area (Å²) in [6.45, 7) is 1.93. The zero-order chi connectivity index (χ0) is 8.55. The van der Waals surface area contributed by atoms with E-state index in [0.717, 1.165) is 35.1 Å². The molecule has 60 valence electrons. The zero-order valence-electron chi connectivity index (χ0n) is 6.87. The lowest BCUT2D eigenvalue weighted by Crippen LogP contribution is -1.88. The Morgan fingerprint density at radius 1 is 1.50 bits per heavy atom. The highest BCUT2D eigenvalue weighted by atomic mass is 16.1. The molecule has 2 nitrogen and oxygen atoms in total. The van der Waals surface area contributed by atoms with Gasteiger partial charge in [-0.05, 0) is 30.2 Å². The molecule has 0 N–H and O–H groups in total. The van der Waals surface area contributed by atoms with Crippen molar-refractivity contribution in [3.8, 4) is 0 Å². The topological polar surface area (TPSA) is 29.4 Å². The van der Waals surface area contributed by atoms with Crippen molar-refractivity contribution in [1.29, 1.82) is 0 Å². The van der Waals surface area contributed by atoms with Crippen molar-refractivity contribution in [2.24, 2.45) is 4.99 Å². The molecule has 0 aromatic heterocycles. The fourth-order valence-corrected chi connectivity index (χ4v) is 1.41. The second-order valence-corrected chi connectivity index (χ2v) is 2.97. The van der Waals surface area contributed by atoms with Gasteiger partial charge in [0.1, 0.15) is 6.29 Å². The van der Waals surface area contributed by atoms with Gasteiger partial charge in [0.05, 0.1) is 5.69 Å². The zero-order valence-corrected chi connectivity index (χ0v) is 6.87. The molecule has 0 saturated heterocycles. The van der Waals surface area contributed by atoms with Crippen LogP contribution in [0.2, 0.25) is 0 Å². The third-order valence-corrected chi connectivity index (χ3v) is 2.14. The maximum Gasteiger partial charge on any atom is 0.150 e. The highest BCUT2D eigenvalue weighted by Crippen LogP contribution is 2.26. The fraction of sp³-hybridized carbons (Fsp3) is 0.200. The minimum absolute atomic E-state index is 0.777. The van der Waals surface area contributed by atoms with Gasteiger partial charge >= 0.3 is 0 Å². The van der Waals surface area contributed by atoms with E-state index in [0.29, 0.717) is 0 Å². The van der Waals surface area contributed by atoms with E-state index in [1.54, 1.807) is 0 Å². The summed E-state index contributed by atoms with van der Waals surface area (Å²) < 4.78 is 0. The van der Waals surface area contributed by atoms with Crippen molar-refractivity contribution in [2.75, 3.05) is 0 Å². The molecule has 1 aliphatic rings. The third-order valence-electron chi connectivity index (χ3n) is 2.14. The van der Waals surface area contributed by atoms with Crippen LogP contribution in [0.5, 0.6) is 0 Å². The molecule has 1 heterocycles. The van der Waals surface area contributed by atoms with Crippen LogP contribution in [0.4, 0.5) is 5.69 Å². The summed E-state index contributed by atoms with van der Waals surface area (Å²) >= 11 is 0. The van der Waals surface area contributed by atoms with Gasteiger partial charge in [-0.2, -0.15) is 0 Å². The van der Waals surface area contributed by atoms with E-state index in [4.69, 9.17) is 0 Å². The second kappa shape index (κ2) is 2.55. The summed E-state index contributed by atoms with van der Waals surface area (Å²) in [6, 6.07) is 3.88. The molecule has 1 aromatic carbocycles. The molecule has 0 spiro atoms. The summed E-state index contributed by atoms with van der Waals surface area (Å²) in [7, 11) is 0. The highest BCUT2D eigenvalue weighted by molar-refractivity contribution is 5.83. The third kappa shape index (κ3) is 0.961. The number of hydrogen-bond acceptors (Lipinski definition) is 2. The molecule has 2 heteroatoms. The molecule has 0 atom stereocenters. The minimum Gasteiger partial charge on any atom is -0.298 e. The first-order valence-corrected chi connectivity index (χ1v) is 3.92. The molecule has 0 aliphatic carbocycles. The maximum atomic E-state index is 10.6. The van der Waals surface area contributed by atoms with Crippen LogP contribution in [0.25, 0.3) is 0 Å². The first-order chi connectivity index (χ1) is 5.81. The number of rotatable bonds is 1. The van der Waals surface area contributed by atoms with Crippen molar-refractivity contribution in [2.45, 2.75) is 13.3 Å². The van der Waals surface area contributed by atoms with Crippen molar-refractivity contribution in [1.82, 2.24) is 0 Å². The van der Waals surface area contributed by atoms with E-state index < -0.39 is 0 Å². The summed E-state index contributed by atoms with van der Waals surface area (Å²) in [4.78, 5) is 14.8. The SMILES string of the molecule is Cc1cc2c(cc1C=O)CC=N2. The summed E-state index contributed by atoms with van der Waals surface area (Å²) in [5.74, 6) is 0. The predicted molar refractivity (Wildman–Crippen MR) is 48.4 cm³/mol. The normalized spacial score (nSPS) is 13.1. The first kappa shape index (κ1) is 7.22. The van der Waals surface area contributed by atoms with E-state index >= 15 is 0 Å². The van der Waals surface area contributed by atoms with E-state index in [1.807, 2.05) is 25.3 Å². The molecule has 0 amide bonds. The average Bonchev–Trinajstić information content (AvgIpc) is 2.49. The standard InChI is InChI=1S/C10H9NO/c1-7-4-10-8(2-3-11-10)5-9(7)6-12/h3-6H,2H2,1H3. The maximum absolute atomic E-state index is 10.6. The number of aryl methyl sites for hydroxylation is 1. The summed E-state index contributed by atoms with van der Waals surface area (Å²) in [6.07, 6.45) is 3.63. The summed E-state index contributed by atoms with van der Waals surface area (Å²) in [5.41, 5.74) is 3.95. The summed E-state index contributed by atoms with van der Waals surface area (Å²) in [5, 5.41) is 0. The van der Waals surface area contributed by atoms with Gasteiger partial charge in [-0.25, -0.2) is 0 Å². The van der Waals surface area contributed by atoms with Gasteiger partial charge < -0.3 is 0 Å². The molecular formula is C10H9NO. The van der Waals surface area contributed by atoms with Crippen molar-refractivity contribution < 1.29 is 4.79 Å². The number of fused-ring (bicyclic) bond motifs is 1. The number of benzene rings is 1. The molecule has 0 fully saturated rings. The van der Waals surface area contributed by atoms with Crippen LogP contribution in [0, 0.1) is 6.92 Å². The van der Waals surface area contributed by atoms with Gasteiger partial charge in [0.2, 0.25) is 0 Å². The largest absolute Gasteiger partial charge is 0.298 e. The molecule has 2 rings (SSSR count). The van der Waals surface area contributed by atoms with E-state index in [-0.39, 0.29) is 0 Å². The molecular weight excluding hydrogens is 150 g/mol. The number of carbonyl (C=O) groups excluding carboxylic acids is 1. The molecule has 12 heavy (non-hydrogen) atoms. The van der Waals surface area contributed by atoms with Gasteiger partial charge in [-0.3, -0.25) is 9.79 Å².